The van der Waals surface area contributed by atoms with Crippen molar-refractivity contribution in [1.82, 2.24) is 10.2 Å². The van der Waals surface area contributed by atoms with Gasteiger partial charge >= 0.3 is 6.09 Å². The molecule has 0 fully saturated rings. The van der Waals surface area contributed by atoms with Crippen LogP contribution in [-0.2, 0) is 4.74 Å². The first-order chi connectivity index (χ1) is 11.6. The number of phenols is 1. The molecule has 0 aliphatic carbocycles. The normalized spacial score (nSPS) is 13.3. The van der Waals surface area contributed by atoms with E-state index in [1.165, 1.54) is 22.3 Å². The quantitative estimate of drug-likeness (QED) is 0.849. The highest BCUT2D eigenvalue weighted by atomic mass is 32.1. The monoisotopic (exact) mass is 345 g/mol. The van der Waals surface area contributed by atoms with Crippen LogP contribution < -0.4 is 4.90 Å². The van der Waals surface area contributed by atoms with Crippen molar-refractivity contribution in [3.05, 3.63) is 28.8 Å². The minimum absolute atomic E-state index is 0.0564. The van der Waals surface area contributed by atoms with Crippen LogP contribution in [0, 0.1) is 6.92 Å². The Morgan fingerprint density at radius 1 is 1.42 bits per heavy atom. The Labute approximate surface area is 142 Å². The highest BCUT2D eigenvalue weighted by Crippen LogP contribution is 2.41. The maximum Gasteiger partial charge on any atom is 0.414 e. The van der Waals surface area contributed by atoms with E-state index in [0.717, 1.165) is 5.01 Å². The number of carbonyl (C=O) groups excluding carboxylic acids is 1. The second-order valence-electron chi connectivity index (χ2n) is 4.88. The van der Waals surface area contributed by atoms with Gasteiger partial charge in [0, 0.05) is 12.1 Å². The van der Waals surface area contributed by atoms with Crippen molar-refractivity contribution in [2.75, 3.05) is 18.1 Å². The van der Waals surface area contributed by atoms with Crippen molar-refractivity contribution in [2.45, 2.75) is 13.8 Å². The van der Waals surface area contributed by atoms with Crippen LogP contribution in [0.15, 0.2) is 28.4 Å². The zero-order valence-corrected chi connectivity index (χ0v) is 13.9. The lowest BCUT2D eigenvalue weighted by atomic mass is 10.1. The topological polar surface area (TPSA) is 100 Å². The molecule has 2 aromatic rings. The number of amides is 1. The molecule has 1 N–H and O–H groups in total. The van der Waals surface area contributed by atoms with Crippen LogP contribution in [0.1, 0.15) is 17.5 Å². The zero-order valence-electron chi connectivity index (χ0n) is 13.1. The van der Waals surface area contributed by atoms with Crippen LogP contribution in [0.3, 0.4) is 0 Å². The number of rotatable bonds is 3. The van der Waals surface area contributed by atoms with Gasteiger partial charge in [0.2, 0.25) is 0 Å². The predicted octanol–water partition coefficient (Wildman–Crippen LogP) is 3.96. The number of azo groups is 1. The lowest BCUT2D eigenvalue weighted by molar-refractivity contribution is 0.160. The van der Waals surface area contributed by atoms with Gasteiger partial charge in [-0.3, -0.25) is 4.90 Å². The van der Waals surface area contributed by atoms with Crippen molar-refractivity contribution in [2.24, 2.45) is 10.2 Å². The molecule has 8 nitrogen and oxygen atoms in total. The summed E-state index contributed by atoms with van der Waals surface area (Å²) in [6.45, 7) is 4.15. The maximum atomic E-state index is 12.2. The summed E-state index contributed by atoms with van der Waals surface area (Å²) in [4.78, 5) is 13.6. The lowest BCUT2D eigenvalue weighted by Crippen LogP contribution is -2.33. The van der Waals surface area contributed by atoms with Crippen molar-refractivity contribution in [3.8, 4) is 5.75 Å². The van der Waals surface area contributed by atoms with Crippen LogP contribution in [0.25, 0.3) is 6.08 Å². The highest BCUT2D eigenvalue weighted by molar-refractivity contribution is 7.14. The summed E-state index contributed by atoms with van der Waals surface area (Å²) >= 11 is 1.31. The van der Waals surface area contributed by atoms with Crippen LogP contribution in [0.4, 0.5) is 21.3 Å². The van der Waals surface area contributed by atoms with Gasteiger partial charge in [-0.1, -0.05) is 23.5 Å². The van der Waals surface area contributed by atoms with Crippen LogP contribution in [-0.4, -0.2) is 34.5 Å². The molecule has 1 aliphatic heterocycles. The summed E-state index contributed by atoms with van der Waals surface area (Å²) in [5.41, 5.74) is 1.40. The number of fused-ring (bicyclic) bond motifs is 1. The molecule has 2 heterocycles. The molecule has 0 unspecified atom stereocenters. The van der Waals surface area contributed by atoms with E-state index in [2.05, 4.69) is 20.4 Å². The van der Waals surface area contributed by atoms with E-state index in [9.17, 15) is 9.90 Å². The molecular weight excluding hydrogens is 330 g/mol. The summed E-state index contributed by atoms with van der Waals surface area (Å²) in [6, 6.07) is 3.11. The largest absolute Gasteiger partial charge is 0.507 e. The number of hydrogen-bond donors (Lipinski definition) is 1. The van der Waals surface area contributed by atoms with Crippen LogP contribution in [0.2, 0.25) is 0 Å². The molecule has 124 valence electrons. The summed E-state index contributed by atoms with van der Waals surface area (Å²) in [7, 11) is 0. The van der Waals surface area contributed by atoms with E-state index in [0.29, 0.717) is 28.6 Å². The average molecular weight is 345 g/mol. The lowest BCUT2D eigenvalue weighted by Gasteiger charge is -2.26. The van der Waals surface area contributed by atoms with E-state index < -0.39 is 6.09 Å². The van der Waals surface area contributed by atoms with Gasteiger partial charge in [0.15, 0.2) is 0 Å². The second kappa shape index (κ2) is 6.75. The first kappa shape index (κ1) is 16.1. The number of aromatic hydroxyl groups is 1. The number of hydrogen-bond acceptors (Lipinski definition) is 8. The van der Waals surface area contributed by atoms with Crippen molar-refractivity contribution in [1.29, 1.82) is 0 Å². The predicted molar refractivity (Wildman–Crippen MR) is 90.3 cm³/mol. The molecule has 9 heteroatoms. The number of ether oxygens (including phenoxy) is 1. The molecule has 0 saturated heterocycles. The van der Waals surface area contributed by atoms with Crippen LogP contribution in [0.5, 0.6) is 5.75 Å². The Morgan fingerprint density at radius 2 is 2.25 bits per heavy atom. The smallest absolute Gasteiger partial charge is 0.414 e. The van der Waals surface area contributed by atoms with Gasteiger partial charge in [-0.25, -0.2) is 4.79 Å². The average Bonchev–Trinajstić information content (AvgIpc) is 2.99. The molecule has 0 saturated carbocycles. The Hall–Kier alpha value is -2.81. The first-order valence-electron chi connectivity index (χ1n) is 7.28. The number of nitrogens with zero attached hydrogens (tertiary/aromatic N) is 5. The minimum Gasteiger partial charge on any atom is -0.507 e. The Bertz CT molecular complexity index is 831. The number of aromatic nitrogens is 2. The molecule has 0 atom stereocenters. The molecule has 1 aliphatic rings. The molecule has 1 aromatic carbocycles. The zero-order chi connectivity index (χ0) is 17.1. The third-order valence-corrected chi connectivity index (χ3v) is 3.98. The Morgan fingerprint density at radius 3 is 2.96 bits per heavy atom. The van der Waals surface area contributed by atoms with E-state index in [1.807, 2.05) is 6.92 Å². The fraction of sp³-hybridized carbons (Fsp3) is 0.267. The van der Waals surface area contributed by atoms with Gasteiger partial charge in [-0.05, 0) is 26.0 Å². The number of anilines is 1. The molecule has 0 spiro atoms. The van der Waals surface area contributed by atoms with E-state index in [4.69, 9.17) is 4.74 Å². The summed E-state index contributed by atoms with van der Waals surface area (Å²) in [5, 5.41) is 27.3. The summed E-state index contributed by atoms with van der Waals surface area (Å²) in [6.07, 6.45) is 3.01. The highest BCUT2D eigenvalue weighted by Gasteiger charge is 2.26. The third-order valence-electron chi connectivity index (χ3n) is 3.26. The van der Waals surface area contributed by atoms with Gasteiger partial charge in [0.05, 0.1) is 12.3 Å². The summed E-state index contributed by atoms with van der Waals surface area (Å²) < 4.78 is 5.08. The van der Waals surface area contributed by atoms with E-state index in [1.54, 1.807) is 25.1 Å². The molecule has 3 rings (SSSR count). The number of phenolic OH excluding ortho intramolecular Hbond substituents is 1. The Kier molecular flexibility index (Phi) is 4.52. The van der Waals surface area contributed by atoms with Crippen molar-refractivity contribution in [3.63, 3.8) is 0 Å². The maximum absolute atomic E-state index is 12.2. The SMILES string of the molecule is CCOC(=O)N1CC=Cc2c(O)ccc(/N=N/c3nnc(C)s3)c21. The molecule has 1 aromatic heterocycles. The molecule has 24 heavy (non-hydrogen) atoms. The van der Waals surface area contributed by atoms with E-state index >= 15 is 0 Å². The van der Waals surface area contributed by atoms with Crippen molar-refractivity contribution >= 4 is 40.0 Å². The van der Waals surface area contributed by atoms with E-state index in [-0.39, 0.29) is 12.4 Å². The minimum atomic E-state index is -0.503. The first-order valence-corrected chi connectivity index (χ1v) is 8.10. The standard InChI is InChI=1S/C15H15N5O3S/c1-3-23-15(22)20-8-4-5-10-12(21)7-6-11(13(10)20)17-19-14-18-16-9(2)24-14/h4-7,21H,3,8H2,1-2H3/b19-17+. The number of benzene rings is 1. The number of carbonyl (C=O) groups is 1. The van der Waals surface area contributed by atoms with Gasteiger partial charge in [-0.2, -0.15) is 0 Å². The van der Waals surface area contributed by atoms with Gasteiger partial charge in [0.1, 0.15) is 16.4 Å². The van der Waals surface area contributed by atoms with Gasteiger partial charge in [-0.15, -0.1) is 20.4 Å². The molecular formula is C15H15N5O3S. The van der Waals surface area contributed by atoms with Crippen LogP contribution >= 0.6 is 11.3 Å². The van der Waals surface area contributed by atoms with Gasteiger partial charge in [0.25, 0.3) is 5.13 Å². The molecule has 1 amide bonds. The van der Waals surface area contributed by atoms with Crippen molar-refractivity contribution < 1.29 is 14.6 Å². The van der Waals surface area contributed by atoms with Gasteiger partial charge < -0.3 is 9.84 Å². The fourth-order valence-electron chi connectivity index (χ4n) is 2.27. The third kappa shape index (κ3) is 3.11. The molecule has 0 bridgehead atoms. The fourth-order valence-corrected chi connectivity index (χ4v) is 2.78. The summed E-state index contributed by atoms with van der Waals surface area (Å²) in [5.74, 6) is 0.0564. The molecule has 0 radical (unpaired) electrons. The number of aryl methyl sites for hydroxylation is 1. The second-order valence-corrected chi connectivity index (χ2v) is 6.04. The Balaban J connectivity index is 2.03.